The molecule has 1 aromatic carbocycles. The topological polar surface area (TPSA) is 66.8 Å². The fourth-order valence-corrected chi connectivity index (χ4v) is 1.88. The Labute approximate surface area is 98.6 Å². The first kappa shape index (κ1) is 11.6. The van der Waals surface area contributed by atoms with Crippen LogP contribution in [0.4, 0.5) is 0 Å². The Bertz CT molecular complexity index is 483. The molecule has 0 saturated carbocycles. The largest absolute Gasteiger partial charge is 0.467 e. The number of aliphatic hydroxyl groups is 1. The van der Waals surface area contributed by atoms with Gasteiger partial charge in [0, 0.05) is 19.2 Å². The van der Waals surface area contributed by atoms with Gasteiger partial charge in [-0.1, -0.05) is 12.1 Å². The lowest BCUT2D eigenvalue weighted by atomic mass is 10.0. The molecule has 1 unspecified atom stereocenters. The number of esters is 1. The van der Waals surface area contributed by atoms with Crippen LogP contribution in [0.2, 0.25) is 0 Å². The van der Waals surface area contributed by atoms with Gasteiger partial charge in [0.25, 0.3) is 5.91 Å². The second-order valence-corrected chi connectivity index (χ2v) is 4.00. The zero-order valence-electron chi connectivity index (χ0n) is 9.64. The third-order valence-electron chi connectivity index (χ3n) is 2.86. The van der Waals surface area contributed by atoms with Crippen molar-refractivity contribution in [3.63, 3.8) is 0 Å². The van der Waals surface area contributed by atoms with Gasteiger partial charge in [0.1, 0.15) is 0 Å². The molecule has 0 radical (unpaired) electrons. The average Bonchev–Trinajstić information content (AvgIpc) is 2.63. The molecule has 5 nitrogen and oxygen atoms in total. The van der Waals surface area contributed by atoms with Crippen molar-refractivity contribution >= 4 is 11.9 Å². The van der Waals surface area contributed by atoms with Gasteiger partial charge >= 0.3 is 5.97 Å². The van der Waals surface area contributed by atoms with Gasteiger partial charge in [-0.05, 0) is 17.2 Å². The number of methoxy groups -OCH3 is 1. The van der Waals surface area contributed by atoms with E-state index in [0.29, 0.717) is 17.7 Å². The normalized spacial score (nSPS) is 15.7. The van der Waals surface area contributed by atoms with Crippen LogP contribution in [-0.2, 0) is 16.1 Å². The summed E-state index contributed by atoms with van der Waals surface area (Å²) in [5.41, 5.74) is 1.81. The molecule has 0 fully saturated rings. The third-order valence-corrected chi connectivity index (χ3v) is 2.86. The Balaban J connectivity index is 2.35. The van der Waals surface area contributed by atoms with Crippen molar-refractivity contribution < 1.29 is 19.4 Å². The van der Waals surface area contributed by atoms with E-state index in [-0.39, 0.29) is 5.91 Å². The molecule has 0 aliphatic carbocycles. The van der Waals surface area contributed by atoms with Gasteiger partial charge in [-0.15, -0.1) is 0 Å². The van der Waals surface area contributed by atoms with Gasteiger partial charge in [0.05, 0.1) is 7.11 Å². The van der Waals surface area contributed by atoms with E-state index >= 15 is 0 Å². The number of benzene rings is 1. The molecule has 0 bridgehead atoms. The highest BCUT2D eigenvalue weighted by atomic mass is 16.5. The molecule has 0 saturated heterocycles. The van der Waals surface area contributed by atoms with Gasteiger partial charge in [0.15, 0.2) is 6.10 Å². The van der Waals surface area contributed by atoms with Crippen molar-refractivity contribution in [2.24, 2.45) is 0 Å². The fraction of sp³-hybridized carbons (Fsp3) is 0.333. The molecule has 1 aromatic rings. The number of amides is 1. The van der Waals surface area contributed by atoms with E-state index in [1.54, 1.807) is 30.1 Å². The van der Waals surface area contributed by atoms with Crippen LogP contribution < -0.4 is 0 Å². The van der Waals surface area contributed by atoms with Gasteiger partial charge in [-0.3, -0.25) is 4.79 Å². The van der Waals surface area contributed by atoms with Crippen LogP contribution in [0.1, 0.15) is 27.6 Å². The predicted molar refractivity (Wildman–Crippen MR) is 59.2 cm³/mol. The Morgan fingerprint density at radius 3 is 2.88 bits per heavy atom. The quantitative estimate of drug-likeness (QED) is 0.757. The van der Waals surface area contributed by atoms with Crippen LogP contribution in [0.5, 0.6) is 0 Å². The van der Waals surface area contributed by atoms with Crippen molar-refractivity contribution in [2.75, 3.05) is 14.2 Å². The van der Waals surface area contributed by atoms with Crippen molar-refractivity contribution in [1.29, 1.82) is 0 Å². The minimum atomic E-state index is -1.34. The molecule has 1 atom stereocenters. The summed E-state index contributed by atoms with van der Waals surface area (Å²) in [5.74, 6) is -0.831. The Kier molecular flexibility index (Phi) is 2.85. The molecule has 1 N–H and O–H groups in total. The number of ether oxygens (including phenoxy) is 1. The van der Waals surface area contributed by atoms with E-state index in [2.05, 4.69) is 4.74 Å². The van der Waals surface area contributed by atoms with Gasteiger partial charge in [0.2, 0.25) is 0 Å². The first-order chi connectivity index (χ1) is 8.04. The Morgan fingerprint density at radius 1 is 1.53 bits per heavy atom. The molecule has 1 aliphatic rings. The zero-order chi connectivity index (χ0) is 12.6. The standard InChI is InChI=1S/C12H13NO4/c1-13-6-8-4-3-7(5-9(8)11(13)15)10(14)12(16)17-2/h3-5,10,14H,6H2,1-2H3. The highest BCUT2D eigenvalue weighted by Gasteiger charge is 2.26. The van der Waals surface area contributed by atoms with Crippen LogP contribution in [0, 0.1) is 0 Å². The van der Waals surface area contributed by atoms with Gasteiger partial charge in [-0.25, -0.2) is 4.79 Å². The van der Waals surface area contributed by atoms with Crippen LogP contribution in [0.3, 0.4) is 0 Å². The van der Waals surface area contributed by atoms with Crippen molar-refractivity contribution in [1.82, 2.24) is 4.90 Å². The zero-order valence-corrected chi connectivity index (χ0v) is 9.64. The summed E-state index contributed by atoms with van der Waals surface area (Å²) in [5, 5.41) is 9.67. The summed E-state index contributed by atoms with van der Waals surface area (Å²) in [6, 6.07) is 4.92. The van der Waals surface area contributed by atoms with Crippen molar-refractivity contribution in [2.45, 2.75) is 12.6 Å². The summed E-state index contributed by atoms with van der Waals surface area (Å²) < 4.78 is 4.45. The summed E-state index contributed by atoms with van der Waals surface area (Å²) >= 11 is 0. The molecule has 1 heterocycles. The number of carbonyl (C=O) groups excluding carboxylic acids is 2. The molecule has 2 rings (SSSR count). The lowest BCUT2D eigenvalue weighted by Gasteiger charge is -2.09. The fourth-order valence-electron chi connectivity index (χ4n) is 1.88. The third kappa shape index (κ3) is 1.89. The summed E-state index contributed by atoms with van der Waals surface area (Å²) in [4.78, 5) is 24.5. The molecule has 90 valence electrons. The lowest BCUT2D eigenvalue weighted by molar-refractivity contribution is -0.150. The number of fused-ring (bicyclic) bond motifs is 1. The number of aliphatic hydroxyl groups excluding tert-OH is 1. The van der Waals surface area contributed by atoms with E-state index in [1.165, 1.54) is 7.11 Å². The summed E-state index contributed by atoms with van der Waals surface area (Å²) in [6.45, 7) is 0.558. The number of carbonyl (C=O) groups is 2. The minimum Gasteiger partial charge on any atom is -0.467 e. The maximum absolute atomic E-state index is 11.7. The number of rotatable bonds is 2. The average molecular weight is 235 g/mol. The first-order valence-electron chi connectivity index (χ1n) is 5.18. The summed E-state index contributed by atoms with van der Waals surface area (Å²) in [7, 11) is 2.91. The molecule has 0 aromatic heterocycles. The Morgan fingerprint density at radius 2 is 2.24 bits per heavy atom. The molecule has 17 heavy (non-hydrogen) atoms. The van der Waals surface area contributed by atoms with E-state index < -0.39 is 12.1 Å². The maximum atomic E-state index is 11.7. The smallest absolute Gasteiger partial charge is 0.339 e. The second-order valence-electron chi connectivity index (χ2n) is 4.00. The number of hydrogen-bond donors (Lipinski definition) is 1. The molecule has 1 amide bonds. The molecular formula is C12H13NO4. The second kappa shape index (κ2) is 4.18. The van der Waals surface area contributed by atoms with Crippen molar-refractivity contribution in [3.8, 4) is 0 Å². The Hall–Kier alpha value is -1.88. The van der Waals surface area contributed by atoms with E-state index in [4.69, 9.17) is 0 Å². The summed E-state index contributed by atoms with van der Waals surface area (Å²) in [6.07, 6.45) is -1.34. The minimum absolute atomic E-state index is 0.0982. The van der Waals surface area contributed by atoms with Gasteiger partial charge in [-0.2, -0.15) is 0 Å². The monoisotopic (exact) mass is 235 g/mol. The predicted octanol–water partition coefficient (Wildman–Crippen LogP) is 0.479. The van der Waals surface area contributed by atoms with Crippen LogP contribution in [-0.4, -0.2) is 36.0 Å². The van der Waals surface area contributed by atoms with Crippen molar-refractivity contribution in [3.05, 3.63) is 34.9 Å². The highest BCUT2D eigenvalue weighted by molar-refractivity contribution is 5.98. The van der Waals surface area contributed by atoms with Crippen LogP contribution in [0.15, 0.2) is 18.2 Å². The number of hydrogen-bond acceptors (Lipinski definition) is 4. The maximum Gasteiger partial charge on any atom is 0.339 e. The lowest BCUT2D eigenvalue weighted by Crippen LogP contribution is -2.18. The number of nitrogens with zero attached hydrogens (tertiary/aromatic N) is 1. The molecule has 1 aliphatic heterocycles. The van der Waals surface area contributed by atoms with Crippen LogP contribution in [0.25, 0.3) is 0 Å². The first-order valence-corrected chi connectivity index (χ1v) is 5.18. The van der Waals surface area contributed by atoms with Crippen LogP contribution >= 0.6 is 0 Å². The molecule has 0 spiro atoms. The SMILES string of the molecule is COC(=O)C(O)c1ccc2c(c1)C(=O)N(C)C2. The van der Waals surface area contributed by atoms with E-state index in [9.17, 15) is 14.7 Å². The van der Waals surface area contributed by atoms with Gasteiger partial charge < -0.3 is 14.7 Å². The molecular weight excluding hydrogens is 222 g/mol. The van der Waals surface area contributed by atoms with E-state index in [1.807, 2.05) is 0 Å². The molecule has 5 heteroatoms. The van der Waals surface area contributed by atoms with E-state index in [0.717, 1.165) is 5.56 Å². The highest BCUT2D eigenvalue weighted by Crippen LogP contribution is 2.25.